The zero-order valence-electron chi connectivity index (χ0n) is 11.2. The summed E-state index contributed by atoms with van der Waals surface area (Å²) < 4.78 is 0.970. The predicted molar refractivity (Wildman–Crippen MR) is 90.1 cm³/mol. The van der Waals surface area contributed by atoms with E-state index in [1.54, 1.807) is 12.1 Å². The molecule has 2 aromatic carbocycles. The highest BCUT2D eigenvalue weighted by molar-refractivity contribution is 9.10. The van der Waals surface area contributed by atoms with Gasteiger partial charge >= 0.3 is 0 Å². The molecule has 0 bridgehead atoms. The maximum Gasteiger partial charge on any atom is 0.272 e. The highest BCUT2D eigenvalue weighted by atomic mass is 79.9. The minimum absolute atomic E-state index is 0.173. The number of H-pyrrole nitrogens is 1. The lowest BCUT2D eigenvalue weighted by atomic mass is 10.2. The molecule has 2 N–H and O–H groups in total. The normalized spacial score (nSPS) is 10.8. The van der Waals surface area contributed by atoms with Gasteiger partial charge in [-0.1, -0.05) is 33.6 Å². The minimum atomic E-state index is -0.173. The molecule has 0 fully saturated rings. The second kappa shape index (κ2) is 5.54. The fourth-order valence-electron chi connectivity index (χ4n) is 2.18. The Hall–Kier alpha value is -1.78. The third-order valence-corrected chi connectivity index (χ3v) is 3.99. The standard InChI is InChI=1S/C16H12BrClN2O/c1-9-6-12(18)4-5-13(9)20-16(21)15-7-10-2-3-11(17)8-14(10)19-15/h2-8,19H,1H3,(H,20,21). The largest absolute Gasteiger partial charge is 0.350 e. The van der Waals surface area contributed by atoms with Gasteiger partial charge < -0.3 is 10.3 Å². The summed E-state index contributed by atoms with van der Waals surface area (Å²) in [6.45, 7) is 1.91. The van der Waals surface area contributed by atoms with Crippen molar-refractivity contribution in [3.05, 3.63) is 63.2 Å². The Bertz CT molecular complexity index is 841. The highest BCUT2D eigenvalue weighted by Gasteiger charge is 2.11. The number of aromatic amines is 1. The molecule has 3 nitrogen and oxygen atoms in total. The maximum absolute atomic E-state index is 12.3. The Labute approximate surface area is 135 Å². The molecule has 0 aliphatic heterocycles. The van der Waals surface area contributed by atoms with Gasteiger partial charge in [-0.25, -0.2) is 0 Å². The smallest absolute Gasteiger partial charge is 0.272 e. The Morgan fingerprint density at radius 2 is 2.00 bits per heavy atom. The number of aromatic nitrogens is 1. The van der Waals surface area contributed by atoms with Gasteiger partial charge in [0.15, 0.2) is 0 Å². The topological polar surface area (TPSA) is 44.9 Å². The van der Waals surface area contributed by atoms with Crippen LogP contribution in [0.1, 0.15) is 16.1 Å². The summed E-state index contributed by atoms with van der Waals surface area (Å²) in [7, 11) is 0. The van der Waals surface area contributed by atoms with Crippen LogP contribution in [-0.4, -0.2) is 10.9 Å². The molecular formula is C16H12BrClN2O. The van der Waals surface area contributed by atoms with Crippen molar-refractivity contribution in [2.24, 2.45) is 0 Å². The highest BCUT2D eigenvalue weighted by Crippen LogP contribution is 2.23. The number of hydrogen-bond acceptors (Lipinski definition) is 1. The Balaban J connectivity index is 1.89. The molecule has 0 unspecified atom stereocenters. The average molecular weight is 364 g/mol. The first-order chi connectivity index (χ1) is 10.0. The van der Waals surface area contributed by atoms with Crippen molar-refractivity contribution in [2.45, 2.75) is 6.92 Å². The Morgan fingerprint density at radius 1 is 1.19 bits per heavy atom. The second-order valence-electron chi connectivity index (χ2n) is 4.83. The van der Waals surface area contributed by atoms with Gasteiger partial charge in [-0.2, -0.15) is 0 Å². The number of amides is 1. The van der Waals surface area contributed by atoms with Gasteiger partial charge in [0.25, 0.3) is 5.91 Å². The summed E-state index contributed by atoms with van der Waals surface area (Å²) >= 11 is 9.33. The molecule has 3 rings (SSSR count). The van der Waals surface area contributed by atoms with E-state index in [4.69, 9.17) is 11.6 Å². The van der Waals surface area contributed by atoms with Gasteiger partial charge in [-0.3, -0.25) is 4.79 Å². The number of hydrogen-bond donors (Lipinski definition) is 2. The minimum Gasteiger partial charge on any atom is -0.350 e. The van der Waals surface area contributed by atoms with Crippen LogP contribution in [0, 0.1) is 6.92 Å². The average Bonchev–Trinajstić information content (AvgIpc) is 2.85. The lowest BCUT2D eigenvalue weighted by Crippen LogP contribution is -2.13. The summed E-state index contributed by atoms with van der Waals surface area (Å²) in [6.07, 6.45) is 0. The van der Waals surface area contributed by atoms with E-state index in [1.165, 1.54) is 0 Å². The van der Waals surface area contributed by atoms with Gasteiger partial charge in [0.2, 0.25) is 0 Å². The van der Waals surface area contributed by atoms with Crippen LogP contribution in [0.2, 0.25) is 5.02 Å². The number of nitrogens with one attached hydrogen (secondary N) is 2. The van der Waals surface area contributed by atoms with Crippen molar-refractivity contribution in [2.75, 3.05) is 5.32 Å². The number of carbonyl (C=O) groups is 1. The van der Waals surface area contributed by atoms with Crippen LogP contribution in [0.25, 0.3) is 10.9 Å². The molecule has 5 heteroatoms. The van der Waals surface area contributed by atoms with Crippen LogP contribution in [0.5, 0.6) is 0 Å². The van der Waals surface area contributed by atoms with E-state index in [2.05, 4.69) is 26.2 Å². The van der Waals surface area contributed by atoms with Gasteiger partial charge in [0.05, 0.1) is 0 Å². The number of benzene rings is 2. The molecule has 106 valence electrons. The van der Waals surface area contributed by atoms with Crippen molar-refractivity contribution in [3.8, 4) is 0 Å². The van der Waals surface area contributed by atoms with Gasteiger partial charge in [-0.15, -0.1) is 0 Å². The number of fused-ring (bicyclic) bond motifs is 1. The van der Waals surface area contributed by atoms with E-state index < -0.39 is 0 Å². The summed E-state index contributed by atoms with van der Waals surface area (Å²) in [5.74, 6) is -0.173. The first-order valence-corrected chi connectivity index (χ1v) is 7.56. The van der Waals surface area contributed by atoms with Crippen LogP contribution >= 0.6 is 27.5 Å². The van der Waals surface area contributed by atoms with E-state index >= 15 is 0 Å². The lowest BCUT2D eigenvalue weighted by molar-refractivity contribution is 0.102. The Kier molecular flexibility index (Phi) is 3.74. The first kappa shape index (κ1) is 14.2. The number of rotatable bonds is 2. The van der Waals surface area contributed by atoms with Crippen LogP contribution in [-0.2, 0) is 0 Å². The number of aryl methyl sites for hydroxylation is 1. The molecule has 1 heterocycles. The van der Waals surface area contributed by atoms with Crippen LogP contribution in [0.3, 0.4) is 0 Å². The van der Waals surface area contributed by atoms with Crippen LogP contribution in [0.4, 0.5) is 5.69 Å². The molecule has 1 aromatic heterocycles. The first-order valence-electron chi connectivity index (χ1n) is 6.39. The molecule has 0 spiro atoms. The SMILES string of the molecule is Cc1cc(Cl)ccc1NC(=O)c1cc2ccc(Br)cc2[nH]1. The van der Waals surface area contributed by atoms with Crippen molar-refractivity contribution in [1.29, 1.82) is 0 Å². The third-order valence-electron chi connectivity index (χ3n) is 3.27. The zero-order valence-corrected chi connectivity index (χ0v) is 13.5. The molecular weight excluding hydrogens is 352 g/mol. The molecule has 0 aliphatic carbocycles. The fourth-order valence-corrected chi connectivity index (χ4v) is 2.77. The van der Waals surface area contributed by atoms with Gasteiger partial charge in [0, 0.05) is 26.1 Å². The maximum atomic E-state index is 12.3. The third kappa shape index (κ3) is 2.96. The van der Waals surface area contributed by atoms with Gasteiger partial charge in [0.1, 0.15) is 5.69 Å². The molecule has 0 aliphatic rings. The van der Waals surface area contributed by atoms with Crippen LogP contribution in [0.15, 0.2) is 46.9 Å². The molecule has 0 atom stereocenters. The summed E-state index contributed by atoms with van der Waals surface area (Å²) in [5, 5.41) is 4.54. The Morgan fingerprint density at radius 3 is 2.76 bits per heavy atom. The molecule has 0 saturated carbocycles. The summed E-state index contributed by atoms with van der Waals surface area (Å²) in [5.41, 5.74) is 3.12. The van der Waals surface area contributed by atoms with Crippen molar-refractivity contribution in [3.63, 3.8) is 0 Å². The molecule has 1 amide bonds. The van der Waals surface area contributed by atoms with Gasteiger partial charge in [-0.05, 0) is 48.9 Å². The van der Waals surface area contributed by atoms with Crippen molar-refractivity contribution >= 4 is 50.0 Å². The van der Waals surface area contributed by atoms with Crippen molar-refractivity contribution in [1.82, 2.24) is 4.98 Å². The summed E-state index contributed by atoms with van der Waals surface area (Å²) in [6, 6.07) is 13.1. The predicted octanol–water partition coefficient (Wildman–Crippen LogP) is 5.14. The van der Waals surface area contributed by atoms with E-state index in [1.807, 2.05) is 37.3 Å². The van der Waals surface area contributed by atoms with E-state index in [-0.39, 0.29) is 5.91 Å². The monoisotopic (exact) mass is 362 g/mol. The fraction of sp³-hybridized carbons (Fsp3) is 0.0625. The molecule has 3 aromatic rings. The number of carbonyl (C=O) groups excluding carboxylic acids is 1. The molecule has 0 radical (unpaired) electrons. The molecule has 0 saturated heterocycles. The molecule has 21 heavy (non-hydrogen) atoms. The number of halogens is 2. The van der Waals surface area contributed by atoms with E-state index in [0.29, 0.717) is 10.7 Å². The zero-order chi connectivity index (χ0) is 15.0. The van der Waals surface area contributed by atoms with E-state index in [0.717, 1.165) is 26.6 Å². The summed E-state index contributed by atoms with van der Waals surface area (Å²) in [4.78, 5) is 15.4. The van der Waals surface area contributed by atoms with Crippen LogP contribution < -0.4 is 5.32 Å². The number of anilines is 1. The quantitative estimate of drug-likeness (QED) is 0.650. The lowest BCUT2D eigenvalue weighted by Gasteiger charge is -2.07. The van der Waals surface area contributed by atoms with E-state index in [9.17, 15) is 4.79 Å². The van der Waals surface area contributed by atoms with Crippen molar-refractivity contribution < 1.29 is 4.79 Å². The second-order valence-corrected chi connectivity index (χ2v) is 6.18.